The van der Waals surface area contributed by atoms with Gasteiger partial charge in [0.2, 0.25) is 0 Å². The molecule has 0 saturated carbocycles. The van der Waals surface area contributed by atoms with Gasteiger partial charge in [0.1, 0.15) is 0 Å². The van der Waals surface area contributed by atoms with E-state index in [0.717, 1.165) is 0 Å². The Kier molecular flexibility index (Phi) is 8.40. The number of carbonyl (C=O) groups excluding carboxylic acids is 1. The summed E-state index contributed by atoms with van der Waals surface area (Å²) in [5.74, 6) is -0.375. The van der Waals surface area contributed by atoms with E-state index in [1.54, 1.807) is 6.92 Å². The van der Waals surface area contributed by atoms with E-state index in [0.29, 0.717) is 5.57 Å². The van der Waals surface area contributed by atoms with Crippen LogP contribution < -0.4 is 0 Å². The molecule has 47 valence electrons. The second kappa shape index (κ2) is 6.33. The number of hydrogen-bond donors (Lipinski definition) is 0. The first-order chi connectivity index (χ1) is 3.68. The fourth-order valence-corrected chi connectivity index (χ4v) is 0.216. The van der Waals surface area contributed by atoms with E-state index in [1.165, 1.54) is 0 Å². The Balaban J connectivity index is 0. The van der Waals surface area contributed by atoms with Crippen LogP contribution in [0.1, 0.15) is 6.92 Å². The predicted molar refractivity (Wildman–Crippen MR) is 38.3 cm³/mol. The zero-order chi connectivity index (χ0) is 6.57. The molecule has 0 aromatic rings. The second-order valence-electron chi connectivity index (χ2n) is 1.42. The first-order valence-corrected chi connectivity index (χ1v) is 2.30. The molecule has 3 heteroatoms. The molecule has 0 N–H and O–H groups in total. The maximum absolute atomic E-state index is 10.4. The molecule has 0 aliphatic carbocycles. The summed E-state index contributed by atoms with van der Waals surface area (Å²) in [5, 5.41) is 0. The van der Waals surface area contributed by atoms with Gasteiger partial charge >= 0.3 is 35.5 Å². The van der Waals surface area contributed by atoms with Crippen LogP contribution >= 0.6 is 0 Å². The van der Waals surface area contributed by atoms with Gasteiger partial charge in [-0.05, 0) is 13.8 Å². The molecule has 1 radical (unpaired) electrons. The van der Waals surface area contributed by atoms with Crippen LogP contribution in [0.2, 0.25) is 0 Å². The molecule has 0 saturated heterocycles. The standard InChI is InChI=1S/C6H9O2.Na.H/c1-4-8-6(7)5(2)3;;/h1-2,4H2,3H3;;. The van der Waals surface area contributed by atoms with E-state index in [9.17, 15) is 4.79 Å². The van der Waals surface area contributed by atoms with Crippen molar-refractivity contribution in [3.05, 3.63) is 19.1 Å². The second-order valence-corrected chi connectivity index (χ2v) is 1.42. The summed E-state index contributed by atoms with van der Waals surface area (Å²) in [4.78, 5) is 10.4. The fourth-order valence-electron chi connectivity index (χ4n) is 0.216. The summed E-state index contributed by atoms with van der Waals surface area (Å²) in [5.41, 5.74) is 0.411. The Labute approximate surface area is 77.6 Å². The summed E-state index contributed by atoms with van der Waals surface area (Å²) < 4.78 is 4.45. The molecule has 0 fully saturated rings. The molecule has 0 rings (SSSR count). The van der Waals surface area contributed by atoms with Crippen molar-refractivity contribution >= 4 is 35.5 Å². The van der Waals surface area contributed by atoms with E-state index in [-0.39, 0.29) is 42.1 Å². The van der Waals surface area contributed by atoms with Gasteiger partial charge in [-0.3, -0.25) is 0 Å². The predicted octanol–water partition coefficient (Wildman–Crippen LogP) is 0.291. The van der Waals surface area contributed by atoms with Gasteiger partial charge in [-0.15, -0.1) is 0 Å². The van der Waals surface area contributed by atoms with E-state index >= 15 is 0 Å². The average Bonchev–Trinajstić information content (AvgIpc) is 1.67. The molecule has 0 atom stereocenters. The first kappa shape index (κ1) is 11.9. The number of carbonyl (C=O) groups is 1. The quantitative estimate of drug-likeness (QED) is 0.310. The van der Waals surface area contributed by atoms with Crippen molar-refractivity contribution in [2.24, 2.45) is 0 Å². The van der Waals surface area contributed by atoms with E-state index < -0.39 is 0 Å². The van der Waals surface area contributed by atoms with Crippen LogP contribution in [0.15, 0.2) is 12.2 Å². The van der Waals surface area contributed by atoms with E-state index in [2.05, 4.69) is 18.2 Å². The molecule has 0 unspecified atom stereocenters. The van der Waals surface area contributed by atoms with Crippen LogP contribution in [0.5, 0.6) is 0 Å². The Morgan fingerprint density at radius 2 is 2.11 bits per heavy atom. The third-order valence-corrected chi connectivity index (χ3v) is 0.582. The van der Waals surface area contributed by atoms with Gasteiger partial charge in [0.15, 0.2) is 0 Å². The normalized spacial score (nSPS) is 7.33. The van der Waals surface area contributed by atoms with Gasteiger partial charge in [0, 0.05) is 5.57 Å². The molecule has 0 aromatic carbocycles. The Hall–Kier alpha value is 0.210. The van der Waals surface area contributed by atoms with Gasteiger partial charge in [0.05, 0.1) is 6.61 Å². The third-order valence-electron chi connectivity index (χ3n) is 0.582. The van der Waals surface area contributed by atoms with Crippen LogP contribution in [0.4, 0.5) is 0 Å². The van der Waals surface area contributed by atoms with Crippen LogP contribution in [0.3, 0.4) is 0 Å². The van der Waals surface area contributed by atoms with Crippen molar-refractivity contribution < 1.29 is 9.53 Å². The number of rotatable bonds is 2. The number of ether oxygens (including phenoxy) is 1. The Bertz CT molecular complexity index is 110. The Morgan fingerprint density at radius 3 is 2.22 bits per heavy atom. The zero-order valence-electron chi connectivity index (χ0n) is 4.94. The van der Waals surface area contributed by atoms with Crippen LogP contribution in [-0.4, -0.2) is 42.1 Å². The van der Waals surface area contributed by atoms with Crippen molar-refractivity contribution in [1.29, 1.82) is 0 Å². The van der Waals surface area contributed by atoms with E-state index in [4.69, 9.17) is 0 Å². The van der Waals surface area contributed by atoms with Gasteiger partial charge in [-0.1, -0.05) is 6.58 Å². The fraction of sp³-hybridized carbons (Fsp3) is 0.333. The summed E-state index contributed by atoms with van der Waals surface area (Å²) in [6.07, 6.45) is 0. The molecule has 0 spiro atoms. The minimum atomic E-state index is -0.375. The monoisotopic (exact) mass is 137 g/mol. The Morgan fingerprint density at radius 1 is 1.67 bits per heavy atom. The number of esters is 1. The van der Waals surface area contributed by atoms with Gasteiger partial charge in [-0.2, -0.15) is 0 Å². The SMILES string of the molecule is [CH2]COC(=O)C(=C)C.[NaH]. The van der Waals surface area contributed by atoms with Crippen LogP contribution in [0, 0.1) is 6.92 Å². The van der Waals surface area contributed by atoms with Gasteiger partial charge < -0.3 is 4.74 Å². The molecule has 9 heavy (non-hydrogen) atoms. The topological polar surface area (TPSA) is 26.3 Å². The summed E-state index contributed by atoms with van der Waals surface area (Å²) in [6.45, 7) is 8.46. The molecule has 2 nitrogen and oxygen atoms in total. The van der Waals surface area contributed by atoms with Gasteiger partial charge in [0.25, 0.3) is 0 Å². The van der Waals surface area contributed by atoms with Crippen molar-refractivity contribution in [2.45, 2.75) is 6.92 Å². The van der Waals surface area contributed by atoms with Crippen molar-refractivity contribution in [3.8, 4) is 0 Å². The maximum atomic E-state index is 10.4. The average molecular weight is 137 g/mol. The third kappa shape index (κ3) is 6.09. The van der Waals surface area contributed by atoms with Crippen molar-refractivity contribution in [2.75, 3.05) is 6.61 Å². The molecule has 0 aliphatic heterocycles. The number of hydrogen-bond acceptors (Lipinski definition) is 2. The van der Waals surface area contributed by atoms with Gasteiger partial charge in [-0.25, -0.2) is 4.79 Å². The summed E-state index contributed by atoms with van der Waals surface area (Å²) >= 11 is 0. The molecule has 0 heterocycles. The molecule has 0 aliphatic rings. The molecular formula is C6H10NaO2. The minimum absolute atomic E-state index is 0. The van der Waals surface area contributed by atoms with Crippen LogP contribution in [0.25, 0.3) is 0 Å². The van der Waals surface area contributed by atoms with Crippen molar-refractivity contribution in [3.63, 3.8) is 0 Å². The van der Waals surface area contributed by atoms with Crippen molar-refractivity contribution in [1.82, 2.24) is 0 Å². The summed E-state index contributed by atoms with van der Waals surface area (Å²) in [7, 11) is 0. The summed E-state index contributed by atoms with van der Waals surface area (Å²) in [6, 6.07) is 0. The van der Waals surface area contributed by atoms with E-state index in [1.807, 2.05) is 0 Å². The molecule has 0 bridgehead atoms. The first-order valence-electron chi connectivity index (χ1n) is 2.30. The zero-order valence-corrected chi connectivity index (χ0v) is 4.94. The van der Waals surface area contributed by atoms with Crippen LogP contribution in [-0.2, 0) is 9.53 Å². The molecular weight excluding hydrogens is 127 g/mol. The molecule has 0 amide bonds. The molecule has 0 aromatic heterocycles.